The van der Waals surface area contributed by atoms with E-state index in [1.807, 2.05) is 0 Å². The van der Waals surface area contributed by atoms with E-state index in [1.54, 1.807) is 0 Å². The van der Waals surface area contributed by atoms with Gasteiger partial charge in [-0.1, -0.05) is 0 Å². The Bertz CT molecular complexity index is 1440. The molecule has 0 saturated heterocycles. The standard InChI is InChI=1S/C20H10F10N6/c1-31-36-16(10-4-3-9(6-11(10)21)18(22,23)24)33-13-14(20(28,29)30)34-15(35-17(13)36)8-2-5-12(32-7-8)19(25,26)27/h2-7,31H,1H3. The molecule has 0 amide bonds. The van der Waals surface area contributed by atoms with Crippen molar-refractivity contribution in [3.63, 3.8) is 0 Å². The summed E-state index contributed by atoms with van der Waals surface area (Å²) in [5, 5.41) is 0. The van der Waals surface area contributed by atoms with E-state index in [4.69, 9.17) is 0 Å². The average molecular weight is 524 g/mol. The van der Waals surface area contributed by atoms with E-state index in [9.17, 15) is 43.9 Å². The number of aromatic nitrogens is 5. The molecule has 0 fully saturated rings. The van der Waals surface area contributed by atoms with Crippen LogP contribution < -0.4 is 5.43 Å². The second-order valence-electron chi connectivity index (χ2n) is 7.18. The second kappa shape index (κ2) is 8.30. The lowest BCUT2D eigenvalue weighted by atomic mass is 10.1. The molecule has 0 bridgehead atoms. The third-order valence-corrected chi connectivity index (χ3v) is 4.85. The molecule has 4 aromatic rings. The molecule has 16 heteroatoms. The minimum atomic E-state index is -5.14. The molecular formula is C20H10F10N6. The van der Waals surface area contributed by atoms with Gasteiger partial charge in [0.2, 0.25) is 0 Å². The van der Waals surface area contributed by atoms with Crippen LogP contribution in [0.15, 0.2) is 36.5 Å². The molecule has 0 aliphatic carbocycles. The van der Waals surface area contributed by atoms with Gasteiger partial charge in [-0.2, -0.15) is 39.5 Å². The quantitative estimate of drug-likeness (QED) is 0.337. The molecule has 4 rings (SSSR count). The van der Waals surface area contributed by atoms with Gasteiger partial charge in [0, 0.05) is 18.8 Å². The fraction of sp³-hybridized carbons (Fsp3) is 0.200. The van der Waals surface area contributed by atoms with Crippen molar-refractivity contribution in [1.29, 1.82) is 0 Å². The monoisotopic (exact) mass is 524 g/mol. The first kappa shape index (κ1) is 25.1. The number of nitrogens with zero attached hydrogens (tertiary/aromatic N) is 5. The summed E-state index contributed by atoms with van der Waals surface area (Å²) in [6.07, 6.45) is -14.2. The van der Waals surface area contributed by atoms with Crippen LogP contribution in [0.1, 0.15) is 17.0 Å². The lowest BCUT2D eigenvalue weighted by Gasteiger charge is -2.12. The van der Waals surface area contributed by atoms with Gasteiger partial charge in [0.05, 0.1) is 11.1 Å². The first-order valence-electron chi connectivity index (χ1n) is 9.57. The number of hydrogen-bond acceptors (Lipinski definition) is 5. The molecule has 3 heterocycles. The number of alkyl halides is 9. The Kier molecular flexibility index (Phi) is 5.80. The molecule has 190 valence electrons. The van der Waals surface area contributed by atoms with Crippen LogP contribution in [0.2, 0.25) is 0 Å². The van der Waals surface area contributed by atoms with Gasteiger partial charge in [0.15, 0.2) is 23.0 Å². The zero-order chi connectivity index (χ0) is 26.6. The van der Waals surface area contributed by atoms with Crippen LogP contribution >= 0.6 is 0 Å². The molecule has 0 unspecified atom stereocenters. The maximum atomic E-state index is 14.6. The highest BCUT2D eigenvalue weighted by Gasteiger charge is 2.39. The largest absolute Gasteiger partial charge is 0.435 e. The van der Waals surface area contributed by atoms with Crippen LogP contribution in [-0.4, -0.2) is 31.7 Å². The van der Waals surface area contributed by atoms with Crippen molar-refractivity contribution in [3.8, 4) is 22.8 Å². The number of imidazole rings is 1. The topological polar surface area (TPSA) is 68.5 Å². The van der Waals surface area contributed by atoms with Crippen LogP contribution in [0.3, 0.4) is 0 Å². The number of halogens is 10. The summed E-state index contributed by atoms with van der Waals surface area (Å²) in [5.74, 6) is -2.65. The van der Waals surface area contributed by atoms with E-state index < -0.39 is 69.7 Å². The van der Waals surface area contributed by atoms with E-state index in [-0.39, 0.29) is 11.6 Å². The lowest BCUT2D eigenvalue weighted by molar-refractivity contribution is -0.141. The van der Waals surface area contributed by atoms with Gasteiger partial charge >= 0.3 is 18.5 Å². The molecular weight excluding hydrogens is 514 g/mol. The van der Waals surface area contributed by atoms with Crippen molar-refractivity contribution in [1.82, 2.24) is 24.6 Å². The van der Waals surface area contributed by atoms with Gasteiger partial charge in [0.1, 0.15) is 17.0 Å². The van der Waals surface area contributed by atoms with Crippen molar-refractivity contribution in [3.05, 3.63) is 59.3 Å². The molecule has 0 saturated carbocycles. The Labute approximate surface area is 193 Å². The van der Waals surface area contributed by atoms with Gasteiger partial charge in [-0.3, -0.25) is 4.98 Å². The minimum Gasteiger partial charge on any atom is -0.326 e. The minimum absolute atomic E-state index is 0.157. The molecule has 3 aromatic heterocycles. The van der Waals surface area contributed by atoms with Crippen LogP contribution in [0.25, 0.3) is 33.9 Å². The number of hydrogen-bond donors (Lipinski definition) is 1. The van der Waals surface area contributed by atoms with E-state index in [1.165, 1.54) is 7.05 Å². The number of benzene rings is 1. The van der Waals surface area contributed by atoms with Gasteiger partial charge in [-0.05, 0) is 30.3 Å². The predicted octanol–water partition coefficient (Wildman–Crippen LogP) is 5.92. The normalized spacial score (nSPS) is 12.9. The number of rotatable bonds is 3. The maximum Gasteiger partial charge on any atom is 0.435 e. The van der Waals surface area contributed by atoms with Crippen LogP contribution in [0, 0.1) is 5.82 Å². The molecule has 36 heavy (non-hydrogen) atoms. The highest BCUT2D eigenvalue weighted by molar-refractivity contribution is 5.82. The number of pyridine rings is 1. The Morgan fingerprint density at radius 2 is 1.50 bits per heavy atom. The molecule has 0 atom stereocenters. The second-order valence-corrected chi connectivity index (χ2v) is 7.18. The summed E-state index contributed by atoms with van der Waals surface area (Å²) >= 11 is 0. The molecule has 1 N–H and O–H groups in total. The maximum absolute atomic E-state index is 14.6. The van der Waals surface area contributed by atoms with E-state index in [0.717, 1.165) is 10.7 Å². The van der Waals surface area contributed by atoms with Crippen LogP contribution in [0.5, 0.6) is 0 Å². The third kappa shape index (κ3) is 4.49. The average Bonchev–Trinajstić information content (AvgIpc) is 3.14. The SMILES string of the molecule is CNn1c(-c2ccc(C(F)(F)F)cc2F)nc2c(C(F)(F)F)nc(-c3ccc(C(F)(F)F)nc3)nc21. The fourth-order valence-electron chi connectivity index (χ4n) is 3.24. The Morgan fingerprint density at radius 1 is 0.806 bits per heavy atom. The van der Waals surface area contributed by atoms with E-state index in [0.29, 0.717) is 24.4 Å². The Balaban J connectivity index is 1.95. The van der Waals surface area contributed by atoms with Crippen LogP contribution in [-0.2, 0) is 18.5 Å². The molecule has 0 aliphatic rings. The van der Waals surface area contributed by atoms with Gasteiger partial charge < -0.3 is 5.43 Å². The molecule has 0 aliphatic heterocycles. The highest BCUT2D eigenvalue weighted by atomic mass is 19.4. The summed E-state index contributed by atoms with van der Waals surface area (Å²) in [6.45, 7) is 0. The summed E-state index contributed by atoms with van der Waals surface area (Å²) in [6, 6.07) is 2.70. The molecule has 1 aromatic carbocycles. The molecule has 0 spiro atoms. The van der Waals surface area contributed by atoms with Crippen molar-refractivity contribution in [2.45, 2.75) is 18.5 Å². The van der Waals surface area contributed by atoms with Crippen molar-refractivity contribution in [2.24, 2.45) is 0 Å². The Hall–Kier alpha value is -3.98. The predicted molar refractivity (Wildman–Crippen MR) is 104 cm³/mol. The van der Waals surface area contributed by atoms with Gasteiger partial charge in [-0.15, -0.1) is 0 Å². The van der Waals surface area contributed by atoms with Crippen molar-refractivity contribution < 1.29 is 43.9 Å². The smallest absolute Gasteiger partial charge is 0.326 e. The van der Waals surface area contributed by atoms with Gasteiger partial charge in [0.25, 0.3) is 0 Å². The zero-order valence-corrected chi connectivity index (χ0v) is 17.5. The van der Waals surface area contributed by atoms with E-state index in [2.05, 4.69) is 25.4 Å². The van der Waals surface area contributed by atoms with Crippen molar-refractivity contribution >= 4 is 11.2 Å². The summed E-state index contributed by atoms with van der Waals surface area (Å²) in [7, 11) is 1.20. The van der Waals surface area contributed by atoms with Crippen molar-refractivity contribution in [2.75, 3.05) is 12.5 Å². The highest BCUT2D eigenvalue weighted by Crippen LogP contribution is 2.37. The summed E-state index contributed by atoms with van der Waals surface area (Å²) < 4.78 is 134. The molecule has 6 nitrogen and oxygen atoms in total. The summed E-state index contributed by atoms with van der Waals surface area (Å²) in [4.78, 5) is 14.2. The third-order valence-electron chi connectivity index (χ3n) is 4.85. The summed E-state index contributed by atoms with van der Waals surface area (Å²) in [5.41, 5.74) is -4.15. The first-order valence-corrected chi connectivity index (χ1v) is 9.57. The number of nitrogens with one attached hydrogen (secondary N) is 1. The Morgan fingerprint density at radius 3 is 2.00 bits per heavy atom. The number of fused-ring (bicyclic) bond motifs is 1. The fourth-order valence-corrected chi connectivity index (χ4v) is 3.24. The van der Waals surface area contributed by atoms with Crippen LogP contribution in [0.4, 0.5) is 43.9 Å². The zero-order valence-electron chi connectivity index (χ0n) is 17.5. The molecule has 0 radical (unpaired) electrons. The van der Waals surface area contributed by atoms with E-state index >= 15 is 0 Å². The first-order chi connectivity index (χ1) is 16.6. The lowest BCUT2D eigenvalue weighted by Crippen LogP contribution is -2.14. The van der Waals surface area contributed by atoms with Gasteiger partial charge in [-0.25, -0.2) is 24.0 Å².